The van der Waals surface area contributed by atoms with Gasteiger partial charge < -0.3 is 19.7 Å². The molecule has 0 saturated heterocycles. The SMILES string of the molecule is COC(OC)C(CC(=O)O)C(=O)O. The zero-order valence-corrected chi connectivity index (χ0v) is 7.39. The van der Waals surface area contributed by atoms with Crippen molar-refractivity contribution in [2.75, 3.05) is 14.2 Å². The lowest BCUT2D eigenvalue weighted by molar-refractivity contribution is -0.176. The van der Waals surface area contributed by atoms with E-state index in [4.69, 9.17) is 10.2 Å². The van der Waals surface area contributed by atoms with Crippen molar-refractivity contribution in [3.8, 4) is 0 Å². The van der Waals surface area contributed by atoms with Crippen LogP contribution in [-0.2, 0) is 19.1 Å². The molecule has 0 fully saturated rings. The van der Waals surface area contributed by atoms with E-state index in [9.17, 15) is 9.59 Å². The molecule has 0 bridgehead atoms. The molecule has 0 spiro atoms. The van der Waals surface area contributed by atoms with E-state index in [1.54, 1.807) is 0 Å². The summed E-state index contributed by atoms with van der Waals surface area (Å²) in [5, 5.41) is 17.0. The molecule has 0 aliphatic heterocycles. The molecular weight excluding hydrogens is 180 g/mol. The molecule has 6 heteroatoms. The van der Waals surface area contributed by atoms with E-state index in [2.05, 4.69) is 9.47 Å². The highest BCUT2D eigenvalue weighted by Crippen LogP contribution is 2.13. The summed E-state index contributed by atoms with van der Waals surface area (Å²) >= 11 is 0. The molecule has 13 heavy (non-hydrogen) atoms. The third-order valence-corrected chi connectivity index (χ3v) is 1.50. The monoisotopic (exact) mass is 192 g/mol. The minimum atomic E-state index is -1.25. The highest BCUT2D eigenvalue weighted by atomic mass is 16.7. The zero-order chi connectivity index (χ0) is 10.4. The molecule has 0 aromatic heterocycles. The molecule has 6 nitrogen and oxygen atoms in total. The van der Waals surface area contributed by atoms with Crippen LogP contribution in [0.4, 0.5) is 0 Å². The van der Waals surface area contributed by atoms with E-state index >= 15 is 0 Å². The second-order valence-corrected chi connectivity index (χ2v) is 2.38. The number of carbonyl (C=O) groups is 2. The number of carboxylic acid groups (broad SMARTS) is 2. The highest BCUT2D eigenvalue weighted by Gasteiger charge is 2.30. The van der Waals surface area contributed by atoms with Gasteiger partial charge in [-0.1, -0.05) is 0 Å². The van der Waals surface area contributed by atoms with Crippen LogP contribution in [0, 0.1) is 5.92 Å². The van der Waals surface area contributed by atoms with E-state index < -0.39 is 30.6 Å². The summed E-state index contributed by atoms with van der Waals surface area (Å²) in [6, 6.07) is 0. The number of carboxylic acids is 2. The van der Waals surface area contributed by atoms with Crippen LogP contribution in [0.3, 0.4) is 0 Å². The number of aliphatic carboxylic acids is 2. The maximum atomic E-state index is 10.6. The van der Waals surface area contributed by atoms with Gasteiger partial charge in [0.1, 0.15) is 5.92 Å². The van der Waals surface area contributed by atoms with Gasteiger partial charge in [0, 0.05) is 14.2 Å². The van der Waals surface area contributed by atoms with Crippen molar-refractivity contribution >= 4 is 11.9 Å². The molecule has 0 aliphatic carbocycles. The van der Waals surface area contributed by atoms with Gasteiger partial charge in [-0.25, -0.2) is 0 Å². The largest absolute Gasteiger partial charge is 0.481 e. The number of rotatable bonds is 6. The Hall–Kier alpha value is -1.14. The Bertz CT molecular complexity index is 185. The molecule has 0 aromatic carbocycles. The lowest BCUT2D eigenvalue weighted by Crippen LogP contribution is -2.33. The van der Waals surface area contributed by atoms with Crippen molar-refractivity contribution in [3.05, 3.63) is 0 Å². The molecule has 0 saturated carbocycles. The van der Waals surface area contributed by atoms with Gasteiger partial charge in [-0.2, -0.15) is 0 Å². The quantitative estimate of drug-likeness (QED) is 0.565. The third-order valence-electron chi connectivity index (χ3n) is 1.50. The minimum Gasteiger partial charge on any atom is -0.481 e. The third kappa shape index (κ3) is 3.86. The predicted molar refractivity (Wildman–Crippen MR) is 41.2 cm³/mol. The zero-order valence-electron chi connectivity index (χ0n) is 7.39. The Balaban J connectivity index is 4.38. The van der Waals surface area contributed by atoms with Crippen molar-refractivity contribution < 1.29 is 29.3 Å². The fraction of sp³-hybridized carbons (Fsp3) is 0.714. The van der Waals surface area contributed by atoms with Crippen LogP contribution in [0.1, 0.15) is 6.42 Å². The van der Waals surface area contributed by atoms with Crippen LogP contribution < -0.4 is 0 Å². The van der Waals surface area contributed by atoms with E-state index in [1.807, 2.05) is 0 Å². The summed E-state index contributed by atoms with van der Waals surface area (Å²) in [5.74, 6) is -3.64. The van der Waals surface area contributed by atoms with Gasteiger partial charge in [0.15, 0.2) is 6.29 Å². The molecule has 76 valence electrons. The first-order chi connectivity index (χ1) is 6.02. The van der Waals surface area contributed by atoms with E-state index in [0.29, 0.717) is 0 Å². The lowest BCUT2D eigenvalue weighted by Gasteiger charge is -2.19. The maximum Gasteiger partial charge on any atom is 0.312 e. The average Bonchev–Trinajstić information content (AvgIpc) is 2.04. The van der Waals surface area contributed by atoms with Gasteiger partial charge >= 0.3 is 11.9 Å². The minimum absolute atomic E-state index is 0.526. The summed E-state index contributed by atoms with van der Waals surface area (Å²) in [4.78, 5) is 20.8. The molecule has 0 aromatic rings. The van der Waals surface area contributed by atoms with E-state index in [-0.39, 0.29) is 0 Å². The number of ether oxygens (including phenoxy) is 2. The van der Waals surface area contributed by atoms with Crippen LogP contribution in [0.15, 0.2) is 0 Å². The molecule has 2 N–H and O–H groups in total. The van der Waals surface area contributed by atoms with Gasteiger partial charge in [-0.3, -0.25) is 9.59 Å². The fourth-order valence-electron chi connectivity index (χ4n) is 0.913. The van der Waals surface area contributed by atoms with Crippen molar-refractivity contribution in [2.45, 2.75) is 12.7 Å². The Morgan fingerprint density at radius 2 is 1.69 bits per heavy atom. The summed E-state index contributed by atoms with van der Waals surface area (Å²) < 4.78 is 9.31. The topological polar surface area (TPSA) is 93.1 Å². The molecule has 1 unspecified atom stereocenters. The Morgan fingerprint density at radius 3 is 1.92 bits per heavy atom. The number of methoxy groups -OCH3 is 2. The van der Waals surface area contributed by atoms with Crippen molar-refractivity contribution in [1.29, 1.82) is 0 Å². The second kappa shape index (κ2) is 5.50. The van der Waals surface area contributed by atoms with Gasteiger partial charge in [-0.05, 0) is 0 Å². The van der Waals surface area contributed by atoms with Gasteiger partial charge in [-0.15, -0.1) is 0 Å². The van der Waals surface area contributed by atoms with E-state index in [0.717, 1.165) is 0 Å². The second-order valence-electron chi connectivity index (χ2n) is 2.38. The van der Waals surface area contributed by atoms with Crippen molar-refractivity contribution in [3.63, 3.8) is 0 Å². The average molecular weight is 192 g/mol. The smallest absolute Gasteiger partial charge is 0.312 e. The normalized spacial score (nSPS) is 12.8. The lowest BCUT2D eigenvalue weighted by atomic mass is 10.1. The molecule has 0 radical (unpaired) electrons. The first-order valence-electron chi connectivity index (χ1n) is 3.53. The first-order valence-corrected chi connectivity index (χ1v) is 3.53. The first kappa shape index (κ1) is 11.9. The van der Waals surface area contributed by atoms with Gasteiger partial charge in [0.25, 0.3) is 0 Å². The molecule has 0 heterocycles. The van der Waals surface area contributed by atoms with Gasteiger partial charge in [0.2, 0.25) is 0 Å². The molecule has 0 aliphatic rings. The number of hydrogen-bond acceptors (Lipinski definition) is 4. The Labute approximate surface area is 75.1 Å². The molecular formula is C7H12O6. The summed E-state index contributed by atoms with van der Waals surface area (Å²) in [7, 11) is 2.51. The highest BCUT2D eigenvalue weighted by molar-refractivity contribution is 5.78. The van der Waals surface area contributed by atoms with Crippen LogP contribution in [0.2, 0.25) is 0 Å². The van der Waals surface area contributed by atoms with Crippen LogP contribution >= 0.6 is 0 Å². The van der Waals surface area contributed by atoms with Crippen LogP contribution in [0.25, 0.3) is 0 Å². The Morgan fingerprint density at radius 1 is 1.23 bits per heavy atom. The Kier molecular flexibility index (Phi) is 5.01. The summed E-state index contributed by atoms with van der Waals surface area (Å²) in [6.45, 7) is 0. The standard InChI is InChI=1S/C7H12O6/c1-12-7(13-2)4(6(10)11)3-5(8)9/h4,7H,3H2,1-2H3,(H,8,9)(H,10,11). The number of hydrogen-bond donors (Lipinski definition) is 2. The van der Waals surface area contributed by atoms with Crippen LogP contribution in [0.5, 0.6) is 0 Å². The van der Waals surface area contributed by atoms with E-state index in [1.165, 1.54) is 14.2 Å². The molecule has 0 amide bonds. The van der Waals surface area contributed by atoms with Crippen molar-refractivity contribution in [2.24, 2.45) is 5.92 Å². The van der Waals surface area contributed by atoms with Gasteiger partial charge in [0.05, 0.1) is 6.42 Å². The maximum absolute atomic E-state index is 10.6. The van der Waals surface area contributed by atoms with Crippen LogP contribution in [-0.4, -0.2) is 42.7 Å². The summed E-state index contributed by atoms with van der Waals surface area (Å²) in [6.07, 6.45) is -1.56. The predicted octanol–water partition coefficient (Wildman–Crippen LogP) is -0.219. The van der Waals surface area contributed by atoms with Crippen molar-refractivity contribution in [1.82, 2.24) is 0 Å². The fourth-order valence-corrected chi connectivity index (χ4v) is 0.913. The molecule has 0 rings (SSSR count). The molecule has 1 atom stereocenters. The summed E-state index contributed by atoms with van der Waals surface area (Å²) in [5.41, 5.74) is 0.